The van der Waals surface area contributed by atoms with Crippen molar-refractivity contribution in [1.82, 2.24) is 10.6 Å². The Labute approximate surface area is 127 Å². The maximum atomic E-state index is 12.0. The van der Waals surface area contributed by atoms with Gasteiger partial charge in [-0.1, -0.05) is 11.8 Å². The first kappa shape index (κ1) is 17.2. The van der Waals surface area contributed by atoms with Crippen molar-refractivity contribution in [2.24, 2.45) is 0 Å². The van der Waals surface area contributed by atoms with Crippen LogP contribution in [0.2, 0.25) is 0 Å². The lowest BCUT2D eigenvalue weighted by Crippen LogP contribution is -2.38. The molecule has 0 radical (unpaired) electrons. The van der Waals surface area contributed by atoms with Gasteiger partial charge in [-0.25, -0.2) is 0 Å². The van der Waals surface area contributed by atoms with Gasteiger partial charge < -0.3 is 20.5 Å². The van der Waals surface area contributed by atoms with E-state index >= 15 is 0 Å². The zero-order chi connectivity index (χ0) is 15.5. The van der Waals surface area contributed by atoms with E-state index in [1.165, 1.54) is 11.3 Å². The molecule has 2 amide bonds. The third-order valence-corrected chi connectivity index (χ3v) is 3.28. The number of methoxy groups -OCH3 is 1. The lowest BCUT2D eigenvalue weighted by molar-refractivity contribution is -0.120. The number of carbonyl (C=O) groups is 2. The molecule has 1 rings (SSSR count). The van der Waals surface area contributed by atoms with Crippen molar-refractivity contribution in [1.29, 1.82) is 0 Å². The molecule has 1 aromatic rings. The van der Waals surface area contributed by atoms with Crippen LogP contribution < -0.4 is 10.6 Å². The largest absolute Gasteiger partial charge is 0.395 e. The molecule has 1 aromatic heterocycles. The van der Waals surface area contributed by atoms with Crippen molar-refractivity contribution in [3.05, 3.63) is 21.9 Å². The number of amides is 2. The van der Waals surface area contributed by atoms with Crippen LogP contribution in [0.15, 0.2) is 11.4 Å². The summed E-state index contributed by atoms with van der Waals surface area (Å²) in [5.41, 5.74) is 0.603. The predicted octanol–water partition coefficient (Wildman–Crippen LogP) is -0.0256. The number of ether oxygens (including phenoxy) is 1. The molecule has 0 aliphatic heterocycles. The highest BCUT2D eigenvalue weighted by Crippen LogP contribution is 2.15. The molecule has 21 heavy (non-hydrogen) atoms. The second kappa shape index (κ2) is 9.94. The number of aliphatic hydroxyl groups excluding tert-OH is 1. The van der Waals surface area contributed by atoms with Crippen LogP contribution in [0.4, 0.5) is 0 Å². The SMILES string of the molecule is COCCNC(=O)CNC(=O)c1sccc1C#CCCO. The van der Waals surface area contributed by atoms with E-state index in [9.17, 15) is 9.59 Å². The second-order valence-electron chi connectivity index (χ2n) is 3.96. The van der Waals surface area contributed by atoms with Crippen LogP contribution in [0.25, 0.3) is 0 Å². The molecule has 0 atom stereocenters. The van der Waals surface area contributed by atoms with Gasteiger partial charge in [0.2, 0.25) is 5.91 Å². The Bertz CT molecular complexity index is 531. The highest BCUT2D eigenvalue weighted by atomic mass is 32.1. The van der Waals surface area contributed by atoms with Crippen molar-refractivity contribution in [3.63, 3.8) is 0 Å². The van der Waals surface area contributed by atoms with Gasteiger partial charge in [0, 0.05) is 25.6 Å². The van der Waals surface area contributed by atoms with Crippen molar-refractivity contribution in [2.45, 2.75) is 6.42 Å². The first-order valence-electron chi connectivity index (χ1n) is 6.40. The summed E-state index contributed by atoms with van der Waals surface area (Å²) < 4.78 is 4.81. The third kappa shape index (κ3) is 6.40. The zero-order valence-electron chi connectivity index (χ0n) is 11.8. The first-order valence-corrected chi connectivity index (χ1v) is 7.28. The Kier molecular flexibility index (Phi) is 8.12. The molecule has 0 aliphatic carbocycles. The fourth-order valence-corrected chi connectivity index (χ4v) is 2.16. The van der Waals surface area contributed by atoms with Crippen LogP contribution in [0.5, 0.6) is 0 Å². The van der Waals surface area contributed by atoms with E-state index in [2.05, 4.69) is 22.5 Å². The van der Waals surface area contributed by atoms with Gasteiger partial charge in [-0.2, -0.15) is 0 Å². The predicted molar refractivity (Wildman–Crippen MR) is 80.1 cm³/mol. The summed E-state index contributed by atoms with van der Waals surface area (Å²) >= 11 is 1.26. The quantitative estimate of drug-likeness (QED) is 0.488. The normalized spacial score (nSPS) is 9.62. The molecule has 1 heterocycles. The Hall–Kier alpha value is -1.88. The minimum Gasteiger partial charge on any atom is -0.395 e. The number of hydrogen-bond donors (Lipinski definition) is 3. The zero-order valence-corrected chi connectivity index (χ0v) is 12.6. The Morgan fingerprint density at radius 1 is 1.43 bits per heavy atom. The van der Waals surface area contributed by atoms with Crippen LogP contribution in [-0.4, -0.2) is 50.3 Å². The molecule has 0 unspecified atom stereocenters. The third-order valence-electron chi connectivity index (χ3n) is 2.37. The maximum absolute atomic E-state index is 12.0. The fraction of sp³-hybridized carbons (Fsp3) is 0.429. The standard InChI is InChI=1S/C14H18N2O4S/c1-20-8-6-15-12(18)10-16-14(19)13-11(5-9-21-13)4-2-3-7-17/h5,9,17H,3,6-8,10H2,1H3,(H,15,18)(H,16,19). The highest BCUT2D eigenvalue weighted by molar-refractivity contribution is 7.12. The summed E-state index contributed by atoms with van der Waals surface area (Å²) in [5.74, 6) is 4.99. The molecule has 0 saturated heterocycles. The molecule has 0 spiro atoms. The smallest absolute Gasteiger partial charge is 0.263 e. The van der Waals surface area contributed by atoms with E-state index in [-0.39, 0.29) is 25.0 Å². The topological polar surface area (TPSA) is 87.7 Å². The van der Waals surface area contributed by atoms with Crippen molar-refractivity contribution < 1.29 is 19.4 Å². The molecule has 0 aliphatic rings. The Morgan fingerprint density at radius 3 is 2.95 bits per heavy atom. The molecular formula is C14H18N2O4S. The monoisotopic (exact) mass is 310 g/mol. The summed E-state index contributed by atoms with van der Waals surface area (Å²) in [6.45, 7) is 0.724. The van der Waals surface area contributed by atoms with Crippen LogP contribution in [0, 0.1) is 11.8 Å². The maximum Gasteiger partial charge on any atom is 0.263 e. The van der Waals surface area contributed by atoms with Crippen molar-refractivity contribution >= 4 is 23.2 Å². The molecule has 3 N–H and O–H groups in total. The van der Waals surface area contributed by atoms with Crippen molar-refractivity contribution in [2.75, 3.05) is 33.4 Å². The van der Waals surface area contributed by atoms with Crippen LogP contribution in [-0.2, 0) is 9.53 Å². The van der Waals surface area contributed by atoms with Gasteiger partial charge in [0.15, 0.2) is 0 Å². The summed E-state index contributed by atoms with van der Waals surface area (Å²) in [6.07, 6.45) is 0.360. The lowest BCUT2D eigenvalue weighted by atomic mass is 10.2. The lowest BCUT2D eigenvalue weighted by Gasteiger charge is -2.05. The van der Waals surface area contributed by atoms with Gasteiger partial charge >= 0.3 is 0 Å². The van der Waals surface area contributed by atoms with Crippen LogP contribution in [0.1, 0.15) is 21.7 Å². The minimum atomic E-state index is -0.333. The number of rotatable bonds is 7. The molecule has 114 valence electrons. The van der Waals surface area contributed by atoms with E-state index in [0.29, 0.717) is 30.0 Å². The average Bonchev–Trinajstić information content (AvgIpc) is 2.94. The number of aliphatic hydroxyl groups is 1. The fourth-order valence-electron chi connectivity index (χ4n) is 1.39. The van der Waals surface area contributed by atoms with E-state index in [0.717, 1.165) is 0 Å². The van der Waals surface area contributed by atoms with Gasteiger partial charge in [-0.15, -0.1) is 11.3 Å². The Balaban J connectivity index is 2.48. The van der Waals surface area contributed by atoms with Gasteiger partial charge in [-0.3, -0.25) is 9.59 Å². The van der Waals surface area contributed by atoms with Crippen LogP contribution >= 0.6 is 11.3 Å². The van der Waals surface area contributed by atoms with Crippen LogP contribution in [0.3, 0.4) is 0 Å². The molecule has 0 aromatic carbocycles. The number of hydrogen-bond acceptors (Lipinski definition) is 5. The summed E-state index contributed by atoms with van der Waals surface area (Å²) in [6, 6.07) is 1.74. The number of thiophene rings is 1. The number of carbonyl (C=O) groups excluding carboxylic acids is 2. The molecule has 0 fully saturated rings. The summed E-state index contributed by atoms with van der Waals surface area (Å²) in [4.78, 5) is 23.9. The van der Waals surface area contributed by atoms with Gasteiger partial charge in [0.05, 0.1) is 19.8 Å². The summed E-state index contributed by atoms with van der Waals surface area (Å²) in [7, 11) is 1.55. The van der Waals surface area contributed by atoms with E-state index in [1.807, 2.05) is 0 Å². The Morgan fingerprint density at radius 2 is 2.24 bits per heavy atom. The van der Waals surface area contributed by atoms with Gasteiger partial charge in [0.1, 0.15) is 4.88 Å². The highest BCUT2D eigenvalue weighted by Gasteiger charge is 2.12. The minimum absolute atomic E-state index is 0.0136. The van der Waals surface area contributed by atoms with Gasteiger partial charge in [0.25, 0.3) is 5.91 Å². The molecule has 7 heteroatoms. The molecule has 6 nitrogen and oxygen atoms in total. The summed E-state index contributed by atoms with van der Waals surface area (Å²) in [5, 5.41) is 15.6. The first-order chi connectivity index (χ1) is 10.2. The molecular weight excluding hydrogens is 292 g/mol. The number of nitrogens with one attached hydrogen (secondary N) is 2. The van der Waals surface area contributed by atoms with E-state index in [1.54, 1.807) is 18.6 Å². The molecule has 0 bridgehead atoms. The van der Waals surface area contributed by atoms with Gasteiger partial charge in [-0.05, 0) is 11.4 Å². The van der Waals surface area contributed by atoms with Crippen molar-refractivity contribution in [3.8, 4) is 11.8 Å². The van der Waals surface area contributed by atoms with E-state index in [4.69, 9.17) is 9.84 Å². The second-order valence-corrected chi connectivity index (χ2v) is 4.88. The van der Waals surface area contributed by atoms with E-state index < -0.39 is 0 Å². The average molecular weight is 310 g/mol. The molecule has 0 saturated carbocycles.